The number of halogens is 2. The van der Waals surface area contributed by atoms with Gasteiger partial charge in [0.2, 0.25) is 0 Å². The first kappa shape index (κ1) is 10.7. The average molecular weight is 350 g/mol. The molecule has 0 bridgehead atoms. The minimum atomic E-state index is 0.00288. The quantitative estimate of drug-likeness (QED) is 0.577. The Hall–Kier alpha value is -0.410. The molecule has 0 aromatic heterocycles. The predicted molar refractivity (Wildman–Crippen MR) is 61.6 cm³/mol. The highest BCUT2D eigenvalue weighted by atomic mass is 127. The second-order valence-electron chi connectivity index (χ2n) is 2.48. The molecule has 0 radical (unpaired) electrons. The lowest BCUT2D eigenvalue weighted by molar-refractivity contribution is 0.101. The van der Waals surface area contributed by atoms with Gasteiger partial charge in [-0.15, -0.1) is 0 Å². The molecule has 66 valence electrons. The third kappa shape index (κ3) is 2.29. The van der Waals surface area contributed by atoms with E-state index in [2.05, 4.69) is 22.0 Å². The summed E-state index contributed by atoms with van der Waals surface area (Å²) in [6.45, 7) is 1.50. The lowest BCUT2D eigenvalue weighted by atomic mass is 10.1. The van der Waals surface area contributed by atoms with Gasteiger partial charge in [0.15, 0.2) is 5.78 Å². The molecule has 0 amide bonds. The van der Waals surface area contributed by atoms with E-state index in [9.17, 15) is 4.79 Å². The highest BCUT2D eigenvalue weighted by Crippen LogP contribution is 2.23. The van der Waals surface area contributed by atoms with Crippen LogP contribution >= 0.6 is 38.5 Å². The fraction of sp³-hybridized carbons (Fsp3) is 0.111. The third-order valence-electron chi connectivity index (χ3n) is 1.56. The molecule has 0 unspecified atom stereocenters. The standard InChI is InChI=1S/C9H5BrINO/c1-5(13)6-2-8(10)7(4-12)9(11)3-6/h2-3H,1H3. The van der Waals surface area contributed by atoms with Crippen molar-refractivity contribution in [2.45, 2.75) is 6.92 Å². The highest BCUT2D eigenvalue weighted by Gasteiger charge is 2.08. The molecule has 0 saturated heterocycles. The predicted octanol–water partition coefficient (Wildman–Crippen LogP) is 3.13. The van der Waals surface area contributed by atoms with Crippen molar-refractivity contribution in [3.63, 3.8) is 0 Å². The Kier molecular flexibility index (Phi) is 3.45. The van der Waals surface area contributed by atoms with E-state index in [-0.39, 0.29) is 5.78 Å². The Morgan fingerprint density at radius 3 is 2.62 bits per heavy atom. The first-order valence-corrected chi connectivity index (χ1v) is 5.33. The summed E-state index contributed by atoms with van der Waals surface area (Å²) in [5, 5.41) is 8.76. The first-order chi connectivity index (χ1) is 6.06. The fourth-order valence-electron chi connectivity index (χ4n) is 0.883. The Labute approximate surface area is 98.2 Å². The van der Waals surface area contributed by atoms with Crippen molar-refractivity contribution in [2.75, 3.05) is 0 Å². The number of Topliss-reactive ketones (excluding diaryl/α,β-unsaturated/α-hetero) is 1. The minimum Gasteiger partial charge on any atom is -0.295 e. The van der Waals surface area contributed by atoms with Crippen molar-refractivity contribution in [3.8, 4) is 6.07 Å². The van der Waals surface area contributed by atoms with Crippen LogP contribution in [-0.2, 0) is 0 Å². The van der Waals surface area contributed by atoms with Crippen molar-refractivity contribution < 1.29 is 4.79 Å². The van der Waals surface area contributed by atoms with Gasteiger partial charge in [0.25, 0.3) is 0 Å². The van der Waals surface area contributed by atoms with Gasteiger partial charge in [-0.1, -0.05) is 0 Å². The minimum absolute atomic E-state index is 0.00288. The van der Waals surface area contributed by atoms with Crippen LogP contribution in [0.3, 0.4) is 0 Å². The zero-order valence-electron chi connectivity index (χ0n) is 6.77. The van der Waals surface area contributed by atoms with Crippen LogP contribution < -0.4 is 0 Å². The van der Waals surface area contributed by atoms with Crippen LogP contribution in [0, 0.1) is 14.9 Å². The van der Waals surface area contributed by atoms with Crippen molar-refractivity contribution in [3.05, 3.63) is 31.3 Å². The monoisotopic (exact) mass is 349 g/mol. The largest absolute Gasteiger partial charge is 0.295 e. The molecular weight excluding hydrogens is 345 g/mol. The first-order valence-electron chi connectivity index (χ1n) is 3.46. The lowest BCUT2D eigenvalue weighted by Gasteiger charge is -2.01. The van der Waals surface area contributed by atoms with Gasteiger partial charge < -0.3 is 0 Å². The number of carbonyl (C=O) groups is 1. The van der Waals surface area contributed by atoms with E-state index in [0.717, 1.165) is 3.57 Å². The third-order valence-corrected chi connectivity index (χ3v) is 3.04. The number of nitriles is 1. The average Bonchev–Trinajstić information content (AvgIpc) is 2.03. The van der Waals surface area contributed by atoms with Crippen molar-refractivity contribution >= 4 is 44.3 Å². The van der Waals surface area contributed by atoms with Gasteiger partial charge >= 0.3 is 0 Å². The molecule has 4 heteroatoms. The summed E-state index contributed by atoms with van der Waals surface area (Å²) < 4.78 is 1.46. The van der Waals surface area contributed by atoms with Crippen molar-refractivity contribution in [1.82, 2.24) is 0 Å². The zero-order valence-corrected chi connectivity index (χ0v) is 10.5. The summed E-state index contributed by atoms with van der Waals surface area (Å²) in [4.78, 5) is 11.0. The van der Waals surface area contributed by atoms with Crippen molar-refractivity contribution in [2.24, 2.45) is 0 Å². The van der Waals surface area contributed by atoms with Gasteiger partial charge in [-0.05, 0) is 57.6 Å². The van der Waals surface area contributed by atoms with E-state index in [1.807, 2.05) is 22.6 Å². The van der Waals surface area contributed by atoms with Crippen molar-refractivity contribution in [1.29, 1.82) is 5.26 Å². The second-order valence-corrected chi connectivity index (χ2v) is 4.50. The summed E-state index contributed by atoms with van der Waals surface area (Å²) in [5.74, 6) is 0.00288. The molecule has 0 aliphatic rings. The van der Waals surface area contributed by atoms with Gasteiger partial charge in [-0.3, -0.25) is 4.79 Å². The molecule has 1 rings (SSSR count). The highest BCUT2D eigenvalue weighted by molar-refractivity contribution is 14.1. The summed E-state index contributed by atoms with van der Waals surface area (Å²) in [6.07, 6.45) is 0. The van der Waals surface area contributed by atoms with Crippen LogP contribution in [0.1, 0.15) is 22.8 Å². The molecule has 0 heterocycles. The summed E-state index contributed by atoms with van der Waals surface area (Å²) in [7, 11) is 0. The number of carbonyl (C=O) groups excluding carboxylic acids is 1. The number of hydrogen-bond acceptors (Lipinski definition) is 2. The van der Waals surface area contributed by atoms with E-state index in [4.69, 9.17) is 5.26 Å². The summed E-state index contributed by atoms with van der Waals surface area (Å²) in [5.41, 5.74) is 1.20. The molecule has 0 aliphatic heterocycles. The lowest BCUT2D eigenvalue weighted by Crippen LogP contribution is -1.95. The Morgan fingerprint density at radius 1 is 1.62 bits per heavy atom. The van der Waals surface area contributed by atoms with E-state index in [0.29, 0.717) is 15.6 Å². The van der Waals surface area contributed by atoms with Crippen LogP contribution in [0.25, 0.3) is 0 Å². The molecule has 0 aliphatic carbocycles. The van der Waals surface area contributed by atoms with E-state index < -0.39 is 0 Å². The molecule has 1 aromatic carbocycles. The molecule has 0 spiro atoms. The number of hydrogen-bond donors (Lipinski definition) is 0. The molecule has 0 N–H and O–H groups in total. The molecule has 2 nitrogen and oxygen atoms in total. The maximum atomic E-state index is 11.0. The summed E-state index contributed by atoms with van der Waals surface area (Å²) in [6, 6.07) is 5.45. The van der Waals surface area contributed by atoms with Gasteiger partial charge in [0, 0.05) is 13.6 Å². The van der Waals surface area contributed by atoms with Crippen LogP contribution in [0.4, 0.5) is 0 Å². The Balaban J connectivity index is 3.39. The van der Waals surface area contributed by atoms with Gasteiger partial charge in [-0.25, -0.2) is 0 Å². The van der Waals surface area contributed by atoms with Crippen LogP contribution in [0.5, 0.6) is 0 Å². The zero-order chi connectivity index (χ0) is 10.0. The number of benzene rings is 1. The SMILES string of the molecule is CC(=O)c1cc(Br)c(C#N)c(I)c1. The van der Waals surface area contributed by atoms with Crippen LogP contribution in [0.2, 0.25) is 0 Å². The topological polar surface area (TPSA) is 40.9 Å². The normalized spacial score (nSPS) is 9.38. The maximum Gasteiger partial charge on any atom is 0.159 e. The van der Waals surface area contributed by atoms with E-state index in [1.54, 1.807) is 12.1 Å². The van der Waals surface area contributed by atoms with E-state index in [1.165, 1.54) is 6.92 Å². The number of nitrogens with zero attached hydrogens (tertiary/aromatic N) is 1. The van der Waals surface area contributed by atoms with Crippen LogP contribution in [-0.4, -0.2) is 5.78 Å². The molecule has 0 fully saturated rings. The molecule has 13 heavy (non-hydrogen) atoms. The molecule has 0 saturated carbocycles. The molecule has 0 atom stereocenters. The Bertz CT molecular complexity index is 386. The summed E-state index contributed by atoms with van der Waals surface area (Å²) >= 11 is 5.29. The second kappa shape index (κ2) is 4.20. The van der Waals surface area contributed by atoms with E-state index >= 15 is 0 Å². The van der Waals surface area contributed by atoms with Gasteiger partial charge in [-0.2, -0.15) is 5.26 Å². The fourth-order valence-corrected chi connectivity index (χ4v) is 2.55. The maximum absolute atomic E-state index is 11.0. The number of rotatable bonds is 1. The van der Waals surface area contributed by atoms with Gasteiger partial charge in [0.1, 0.15) is 6.07 Å². The Morgan fingerprint density at radius 2 is 2.23 bits per heavy atom. The van der Waals surface area contributed by atoms with Gasteiger partial charge in [0.05, 0.1) is 5.56 Å². The molecular formula is C9H5BrINO. The smallest absolute Gasteiger partial charge is 0.159 e. The van der Waals surface area contributed by atoms with Crippen LogP contribution in [0.15, 0.2) is 16.6 Å². The number of ketones is 1. The molecule has 1 aromatic rings.